The van der Waals surface area contributed by atoms with Gasteiger partial charge in [0.05, 0.1) is 0 Å². The van der Waals surface area contributed by atoms with Gasteiger partial charge in [0.2, 0.25) is 0 Å². The van der Waals surface area contributed by atoms with Crippen molar-refractivity contribution < 1.29 is 4.79 Å². The van der Waals surface area contributed by atoms with Gasteiger partial charge in [-0.05, 0) is 103 Å². The Morgan fingerprint density at radius 2 is 1.24 bits per heavy atom. The van der Waals surface area contributed by atoms with Crippen LogP contribution in [0.4, 0.5) is 10.5 Å². The van der Waals surface area contributed by atoms with Crippen molar-refractivity contribution in [1.29, 1.82) is 0 Å². The number of nitrogens with zero attached hydrogens (tertiary/aromatic N) is 2. The number of rotatable bonds is 15. The van der Waals surface area contributed by atoms with Crippen LogP contribution >= 0.6 is 0 Å². The van der Waals surface area contributed by atoms with Crippen LogP contribution < -0.4 is 5.32 Å². The summed E-state index contributed by atoms with van der Waals surface area (Å²) in [6.07, 6.45) is 10.7. The van der Waals surface area contributed by atoms with Gasteiger partial charge in [0.25, 0.3) is 0 Å². The second kappa shape index (κ2) is 17.7. The molecule has 242 valence electrons. The molecule has 1 fully saturated rings. The Morgan fingerprint density at radius 3 is 1.89 bits per heavy atom. The summed E-state index contributed by atoms with van der Waals surface area (Å²) in [5, 5.41) is 3.21. The molecule has 0 bridgehead atoms. The number of urea groups is 1. The third-order valence-electron chi connectivity index (χ3n) is 9.43. The van der Waals surface area contributed by atoms with Crippen LogP contribution in [0.1, 0.15) is 81.0 Å². The van der Waals surface area contributed by atoms with Crippen LogP contribution in [-0.4, -0.2) is 35.5 Å². The molecular formula is C42H53N3O. The fourth-order valence-electron chi connectivity index (χ4n) is 6.50. The van der Waals surface area contributed by atoms with Crippen LogP contribution in [0.15, 0.2) is 103 Å². The van der Waals surface area contributed by atoms with Crippen LogP contribution in [0.5, 0.6) is 0 Å². The molecule has 0 aromatic heterocycles. The minimum Gasteiger partial charge on any atom is -0.320 e. The van der Waals surface area contributed by atoms with Gasteiger partial charge in [-0.3, -0.25) is 4.90 Å². The van der Waals surface area contributed by atoms with E-state index in [-0.39, 0.29) is 6.03 Å². The van der Waals surface area contributed by atoms with Crippen LogP contribution in [0.3, 0.4) is 0 Å². The summed E-state index contributed by atoms with van der Waals surface area (Å²) in [4.78, 5) is 18.4. The Hall–Kier alpha value is -3.89. The van der Waals surface area contributed by atoms with Gasteiger partial charge < -0.3 is 10.2 Å². The molecule has 2 amide bonds. The molecule has 4 heteroatoms. The van der Waals surface area contributed by atoms with E-state index in [1.165, 1.54) is 66.3 Å². The van der Waals surface area contributed by atoms with Crippen LogP contribution in [0, 0.1) is 5.92 Å². The lowest BCUT2D eigenvalue weighted by atomic mass is 9.95. The lowest BCUT2D eigenvalue weighted by Crippen LogP contribution is -2.42. The molecule has 4 aromatic rings. The lowest BCUT2D eigenvalue weighted by molar-refractivity contribution is 0.144. The maximum absolute atomic E-state index is 13.8. The van der Waals surface area contributed by atoms with Crippen LogP contribution in [-0.2, 0) is 25.9 Å². The van der Waals surface area contributed by atoms with Crippen LogP contribution in [0.25, 0.3) is 11.1 Å². The van der Waals surface area contributed by atoms with Crippen molar-refractivity contribution in [2.45, 2.75) is 84.7 Å². The molecule has 4 aromatic carbocycles. The molecule has 0 spiro atoms. The number of hydrogen-bond acceptors (Lipinski definition) is 2. The first kappa shape index (κ1) is 33.5. The number of hydrogen-bond donors (Lipinski definition) is 1. The summed E-state index contributed by atoms with van der Waals surface area (Å²) in [6.45, 7) is 9.00. The minimum absolute atomic E-state index is 0.0186. The van der Waals surface area contributed by atoms with Gasteiger partial charge in [0.15, 0.2) is 0 Å². The molecule has 4 nitrogen and oxygen atoms in total. The van der Waals surface area contributed by atoms with Crippen molar-refractivity contribution >= 4 is 11.7 Å². The quantitative estimate of drug-likeness (QED) is 0.135. The number of carbonyl (C=O) groups excluding carboxylic acids is 1. The van der Waals surface area contributed by atoms with E-state index in [1.54, 1.807) is 0 Å². The normalized spacial score (nSPS) is 13.9. The molecule has 0 saturated carbocycles. The summed E-state index contributed by atoms with van der Waals surface area (Å²) in [5.74, 6) is 0.489. The average Bonchev–Trinajstić information content (AvgIpc) is 3.10. The third-order valence-corrected chi connectivity index (χ3v) is 9.43. The first-order chi connectivity index (χ1) is 22.6. The van der Waals surface area contributed by atoms with E-state index in [0.29, 0.717) is 12.5 Å². The van der Waals surface area contributed by atoms with Crippen LogP contribution in [0.2, 0.25) is 0 Å². The fraction of sp³-hybridized carbons (Fsp3) is 0.405. The lowest BCUT2D eigenvalue weighted by Gasteiger charge is -2.35. The fourth-order valence-corrected chi connectivity index (χ4v) is 6.50. The number of piperidine rings is 1. The Balaban J connectivity index is 1.19. The standard InChI is InChI=1S/C42H53N3O/c1-3-5-8-12-35-15-17-36(18-16-35)31-44-29-27-38(28-30-44)33-45(42(46)43-41-25-21-34(22-26-41)11-6-4-2)32-37-19-23-40(24-20-37)39-13-9-7-10-14-39/h7,9-10,13-26,38H,3-6,8,11-12,27-33H2,1-2H3,(H,43,46). The van der Waals surface area contributed by atoms with E-state index in [1.807, 2.05) is 23.1 Å². The highest BCUT2D eigenvalue weighted by molar-refractivity contribution is 5.89. The maximum Gasteiger partial charge on any atom is 0.322 e. The highest BCUT2D eigenvalue weighted by Gasteiger charge is 2.24. The molecule has 5 rings (SSSR count). The van der Waals surface area contributed by atoms with Gasteiger partial charge in [-0.25, -0.2) is 4.79 Å². The summed E-state index contributed by atoms with van der Waals surface area (Å²) in [7, 11) is 0. The van der Waals surface area contributed by atoms with E-state index in [0.717, 1.165) is 56.7 Å². The van der Waals surface area contributed by atoms with E-state index in [9.17, 15) is 4.79 Å². The minimum atomic E-state index is -0.0186. The largest absolute Gasteiger partial charge is 0.322 e. The maximum atomic E-state index is 13.8. The average molecular weight is 616 g/mol. The Labute approximate surface area is 277 Å². The molecular weight excluding hydrogens is 562 g/mol. The summed E-state index contributed by atoms with van der Waals surface area (Å²) in [6, 6.07) is 36.8. The molecule has 1 aliphatic rings. The molecule has 1 heterocycles. The predicted molar refractivity (Wildman–Crippen MR) is 194 cm³/mol. The van der Waals surface area contributed by atoms with E-state index < -0.39 is 0 Å². The number of aryl methyl sites for hydroxylation is 2. The zero-order chi connectivity index (χ0) is 32.0. The Morgan fingerprint density at radius 1 is 0.674 bits per heavy atom. The molecule has 1 N–H and O–H groups in total. The summed E-state index contributed by atoms with van der Waals surface area (Å²) >= 11 is 0. The number of amides is 2. The van der Waals surface area contributed by atoms with Crippen molar-refractivity contribution in [2.24, 2.45) is 5.92 Å². The van der Waals surface area contributed by atoms with Gasteiger partial charge in [-0.15, -0.1) is 0 Å². The number of anilines is 1. The SMILES string of the molecule is CCCCCc1ccc(CN2CCC(CN(Cc3ccc(-c4ccccc4)cc3)C(=O)Nc3ccc(CCCC)cc3)CC2)cc1. The van der Waals surface area contributed by atoms with E-state index >= 15 is 0 Å². The molecule has 1 aliphatic heterocycles. The van der Waals surface area contributed by atoms with Crippen molar-refractivity contribution in [3.8, 4) is 11.1 Å². The molecule has 0 radical (unpaired) electrons. The Kier molecular flexibility index (Phi) is 12.9. The van der Waals surface area contributed by atoms with Crippen molar-refractivity contribution in [3.63, 3.8) is 0 Å². The number of likely N-dealkylation sites (tertiary alicyclic amines) is 1. The first-order valence-electron chi connectivity index (χ1n) is 17.7. The predicted octanol–water partition coefficient (Wildman–Crippen LogP) is 10.4. The van der Waals surface area contributed by atoms with E-state index in [2.05, 4.69) is 109 Å². The Bertz CT molecular complexity index is 1440. The monoisotopic (exact) mass is 615 g/mol. The highest BCUT2D eigenvalue weighted by atomic mass is 16.2. The number of nitrogens with one attached hydrogen (secondary N) is 1. The zero-order valence-electron chi connectivity index (χ0n) is 28.1. The third kappa shape index (κ3) is 10.3. The van der Waals surface area contributed by atoms with Gasteiger partial charge in [-0.2, -0.15) is 0 Å². The first-order valence-corrected chi connectivity index (χ1v) is 17.7. The highest BCUT2D eigenvalue weighted by Crippen LogP contribution is 2.24. The van der Waals surface area contributed by atoms with Gasteiger partial charge in [0, 0.05) is 25.3 Å². The summed E-state index contributed by atoms with van der Waals surface area (Å²) < 4.78 is 0. The topological polar surface area (TPSA) is 35.6 Å². The smallest absolute Gasteiger partial charge is 0.320 e. The molecule has 0 unspecified atom stereocenters. The second-order valence-electron chi connectivity index (χ2n) is 13.2. The molecule has 0 atom stereocenters. The number of unbranched alkanes of at least 4 members (excludes halogenated alkanes) is 3. The van der Waals surface area contributed by atoms with Gasteiger partial charge in [0.1, 0.15) is 0 Å². The molecule has 1 saturated heterocycles. The number of benzene rings is 4. The second-order valence-corrected chi connectivity index (χ2v) is 13.2. The van der Waals surface area contributed by atoms with Gasteiger partial charge >= 0.3 is 6.03 Å². The number of carbonyl (C=O) groups is 1. The molecule has 0 aliphatic carbocycles. The molecule has 46 heavy (non-hydrogen) atoms. The van der Waals surface area contributed by atoms with Crippen molar-refractivity contribution in [3.05, 3.63) is 125 Å². The van der Waals surface area contributed by atoms with Crippen molar-refractivity contribution in [1.82, 2.24) is 9.80 Å². The van der Waals surface area contributed by atoms with E-state index in [4.69, 9.17) is 0 Å². The van der Waals surface area contributed by atoms with Gasteiger partial charge in [-0.1, -0.05) is 124 Å². The van der Waals surface area contributed by atoms with Crippen molar-refractivity contribution in [2.75, 3.05) is 25.0 Å². The summed E-state index contributed by atoms with van der Waals surface area (Å²) in [5.41, 5.74) is 8.60. The zero-order valence-corrected chi connectivity index (χ0v) is 28.1.